The van der Waals surface area contributed by atoms with E-state index in [9.17, 15) is 9.59 Å². The van der Waals surface area contributed by atoms with Gasteiger partial charge in [-0.05, 0) is 15.9 Å². The molecule has 0 saturated heterocycles. The van der Waals surface area contributed by atoms with Crippen LogP contribution in [0.15, 0.2) is 9.53 Å². The molecule has 0 bridgehead atoms. The molecule has 2 rings (SSSR count). The highest BCUT2D eigenvalue weighted by Crippen LogP contribution is 2.14. The van der Waals surface area contributed by atoms with E-state index in [2.05, 4.69) is 36.2 Å². The monoisotopic (exact) mass is 313 g/mol. The lowest BCUT2D eigenvalue weighted by Crippen LogP contribution is -2.22. The van der Waals surface area contributed by atoms with Crippen molar-refractivity contribution in [3.63, 3.8) is 0 Å². The second-order valence-corrected chi connectivity index (χ2v) is 4.88. The Labute approximate surface area is 111 Å². The van der Waals surface area contributed by atoms with Gasteiger partial charge in [-0.2, -0.15) is 4.98 Å². The van der Waals surface area contributed by atoms with Gasteiger partial charge in [0, 0.05) is 13.0 Å². The van der Waals surface area contributed by atoms with Crippen LogP contribution in [0.4, 0.5) is 5.95 Å². The number of nitrogens with one attached hydrogen (secondary N) is 2. The van der Waals surface area contributed by atoms with E-state index in [1.165, 1.54) is 0 Å². The van der Waals surface area contributed by atoms with Crippen LogP contribution in [0.3, 0.4) is 0 Å². The fraction of sp³-hybridized carbons (Fsp3) is 0.400. The summed E-state index contributed by atoms with van der Waals surface area (Å²) in [4.78, 5) is 33.9. The van der Waals surface area contributed by atoms with Gasteiger partial charge in [-0.1, -0.05) is 13.8 Å². The number of hydrogen-bond donors (Lipinski definition) is 2. The van der Waals surface area contributed by atoms with Gasteiger partial charge in [-0.3, -0.25) is 14.9 Å². The first-order chi connectivity index (χ1) is 8.40. The van der Waals surface area contributed by atoms with E-state index >= 15 is 0 Å². The van der Waals surface area contributed by atoms with Gasteiger partial charge in [-0.15, -0.1) is 0 Å². The molecule has 0 aliphatic carbocycles. The van der Waals surface area contributed by atoms with Gasteiger partial charge < -0.3 is 9.55 Å². The zero-order valence-electron chi connectivity index (χ0n) is 10.1. The van der Waals surface area contributed by atoms with Crippen LogP contribution in [0.2, 0.25) is 0 Å². The molecule has 0 unspecified atom stereocenters. The molecule has 0 aromatic carbocycles. The van der Waals surface area contributed by atoms with Crippen molar-refractivity contribution < 1.29 is 4.79 Å². The number of anilines is 1. The molecule has 2 aromatic rings. The normalized spacial score (nSPS) is 11.2. The van der Waals surface area contributed by atoms with Crippen LogP contribution in [0.1, 0.15) is 13.8 Å². The van der Waals surface area contributed by atoms with Gasteiger partial charge in [0.2, 0.25) is 11.9 Å². The Bertz CT molecular complexity index is 673. The average Bonchev–Trinajstić information content (AvgIpc) is 2.57. The second kappa shape index (κ2) is 4.52. The number of rotatable bonds is 2. The fourth-order valence-electron chi connectivity index (χ4n) is 1.38. The Balaban J connectivity index is 2.52. The zero-order valence-corrected chi connectivity index (χ0v) is 11.7. The van der Waals surface area contributed by atoms with Crippen molar-refractivity contribution in [3.05, 3.63) is 15.1 Å². The van der Waals surface area contributed by atoms with E-state index in [4.69, 9.17) is 0 Å². The number of carbonyl (C=O) groups is 1. The van der Waals surface area contributed by atoms with Crippen LogP contribution in [-0.4, -0.2) is 25.4 Å². The van der Waals surface area contributed by atoms with Crippen LogP contribution in [-0.2, 0) is 11.8 Å². The Kier molecular flexibility index (Phi) is 3.20. The van der Waals surface area contributed by atoms with Crippen molar-refractivity contribution in [1.29, 1.82) is 0 Å². The van der Waals surface area contributed by atoms with E-state index in [0.29, 0.717) is 10.4 Å². The third-order valence-electron chi connectivity index (χ3n) is 2.46. The molecule has 2 heterocycles. The molecule has 2 N–H and O–H groups in total. The number of amides is 1. The van der Waals surface area contributed by atoms with Crippen molar-refractivity contribution in [3.8, 4) is 0 Å². The highest BCUT2D eigenvalue weighted by Gasteiger charge is 2.14. The van der Waals surface area contributed by atoms with Crippen molar-refractivity contribution in [2.24, 2.45) is 13.0 Å². The second-order valence-electron chi connectivity index (χ2n) is 4.17. The minimum atomic E-state index is -0.482. The van der Waals surface area contributed by atoms with Crippen LogP contribution in [0.25, 0.3) is 11.2 Å². The molecule has 7 nitrogen and oxygen atoms in total. The predicted molar refractivity (Wildman–Crippen MR) is 70.3 cm³/mol. The Morgan fingerprint density at radius 3 is 2.72 bits per heavy atom. The van der Waals surface area contributed by atoms with Gasteiger partial charge in [0.05, 0.1) is 0 Å². The largest absolute Gasteiger partial charge is 0.310 e. The molecule has 0 saturated carbocycles. The molecule has 0 radical (unpaired) electrons. The smallest absolute Gasteiger partial charge is 0.302 e. The SMILES string of the molecule is CC(C)C(=O)Nc1nc(=O)c2nc(Br)n(C)c2[nH]1. The summed E-state index contributed by atoms with van der Waals surface area (Å²) in [7, 11) is 1.74. The molecular formula is C10H12BrN5O2. The number of imidazole rings is 1. The Hall–Kier alpha value is -1.70. The number of aromatic amines is 1. The van der Waals surface area contributed by atoms with Crippen molar-refractivity contribution in [2.75, 3.05) is 5.32 Å². The van der Waals surface area contributed by atoms with Gasteiger partial charge in [-0.25, -0.2) is 4.98 Å². The predicted octanol–water partition coefficient (Wildman–Crippen LogP) is 1.01. The summed E-state index contributed by atoms with van der Waals surface area (Å²) in [6.45, 7) is 3.51. The highest BCUT2D eigenvalue weighted by atomic mass is 79.9. The molecular weight excluding hydrogens is 302 g/mol. The zero-order chi connectivity index (χ0) is 13.4. The summed E-state index contributed by atoms with van der Waals surface area (Å²) in [5, 5.41) is 2.55. The minimum absolute atomic E-state index is 0.127. The summed E-state index contributed by atoms with van der Waals surface area (Å²) in [5.74, 6) is -0.273. The lowest BCUT2D eigenvalue weighted by atomic mass is 10.2. The van der Waals surface area contributed by atoms with E-state index in [1.54, 1.807) is 25.5 Å². The number of halogens is 1. The third kappa shape index (κ3) is 2.15. The number of aromatic nitrogens is 4. The van der Waals surface area contributed by atoms with Crippen molar-refractivity contribution in [1.82, 2.24) is 19.5 Å². The minimum Gasteiger partial charge on any atom is -0.310 e. The molecule has 2 aromatic heterocycles. The highest BCUT2D eigenvalue weighted by molar-refractivity contribution is 9.10. The lowest BCUT2D eigenvalue weighted by molar-refractivity contribution is -0.118. The first-order valence-corrected chi connectivity index (χ1v) is 6.12. The molecule has 96 valence electrons. The Morgan fingerprint density at radius 1 is 1.44 bits per heavy atom. The van der Waals surface area contributed by atoms with Crippen LogP contribution >= 0.6 is 15.9 Å². The van der Waals surface area contributed by atoms with E-state index < -0.39 is 5.56 Å². The Morgan fingerprint density at radius 2 is 2.11 bits per heavy atom. The van der Waals surface area contributed by atoms with Gasteiger partial charge >= 0.3 is 5.56 Å². The van der Waals surface area contributed by atoms with Crippen molar-refractivity contribution >= 4 is 38.9 Å². The summed E-state index contributed by atoms with van der Waals surface area (Å²) >= 11 is 3.22. The summed E-state index contributed by atoms with van der Waals surface area (Å²) in [5.41, 5.74) is 0.247. The summed E-state index contributed by atoms with van der Waals surface area (Å²) in [6, 6.07) is 0. The molecule has 8 heteroatoms. The van der Waals surface area contributed by atoms with E-state index in [0.717, 1.165) is 0 Å². The number of aryl methyl sites for hydroxylation is 1. The first-order valence-electron chi connectivity index (χ1n) is 5.33. The van der Waals surface area contributed by atoms with Crippen LogP contribution < -0.4 is 10.9 Å². The fourth-order valence-corrected chi connectivity index (χ4v) is 1.73. The molecule has 18 heavy (non-hydrogen) atoms. The molecule has 0 aliphatic heterocycles. The summed E-state index contributed by atoms with van der Waals surface area (Å²) in [6.07, 6.45) is 0. The number of carbonyl (C=O) groups excluding carboxylic acids is 1. The van der Waals surface area contributed by atoms with E-state index in [-0.39, 0.29) is 23.3 Å². The molecule has 0 aliphatic rings. The maximum absolute atomic E-state index is 11.7. The standard InChI is InChI=1S/C10H12BrN5O2/c1-4(2)7(17)14-10-13-6-5(8(18)15-10)12-9(11)16(6)3/h4H,1-3H3,(H2,13,14,15,17,18). The maximum atomic E-state index is 11.7. The van der Waals surface area contributed by atoms with Gasteiger partial charge in [0.25, 0.3) is 0 Å². The third-order valence-corrected chi connectivity index (χ3v) is 3.17. The number of fused-ring (bicyclic) bond motifs is 1. The average molecular weight is 314 g/mol. The number of hydrogen-bond acceptors (Lipinski definition) is 4. The topological polar surface area (TPSA) is 92.7 Å². The number of H-pyrrole nitrogens is 1. The molecule has 0 atom stereocenters. The van der Waals surface area contributed by atoms with E-state index in [1.807, 2.05) is 0 Å². The first kappa shape index (κ1) is 12.7. The van der Waals surface area contributed by atoms with Crippen LogP contribution in [0.5, 0.6) is 0 Å². The van der Waals surface area contributed by atoms with Gasteiger partial charge in [0.15, 0.2) is 10.3 Å². The number of nitrogens with zero attached hydrogens (tertiary/aromatic N) is 3. The lowest BCUT2D eigenvalue weighted by Gasteiger charge is -2.06. The van der Waals surface area contributed by atoms with Crippen molar-refractivity contribution in [2.45, 2.75) is 13.8 Å². The van der Waals surface area contributed by atoms with Gasteiger partial charge in [0.1, 0.15) is 5.65 Å². The molecule has 1 amide bonds. The maximum Gasteiger partial charge on any atom is 0.302 e. The van der Waals surface area contributed by atoms with Crippen LogP contribution in [0, 0.1) is 5.92 Å². The molecule has 0 spiro atoms. The molecule has 0 fully saturated rings. The summed E-state index contributed by atoms with van der Waals surface area (Å²) < 4.78 is 2.17. The quantitative estimate of drug-likeness (QED) is 0.809.